The molecule has 0 aliphatic rings. The molecule has 4 heteroatoms. The van der Waals surface area contributed by atoms with Gasteiger partial charge in [0.2, 0.25) is 0 Å². The van der Waals surface area contributed by atoms with E-state index in [-0.39, 0.29) is 18.5 Å². The highest BCUT2D eigenvalue weighted by Gasteiger charge is 2.14. The third-order valence-corrected chi connectivity index (χ3v) is 2.97. The van der Waals surface area contributed by atoms with Crippen LogP contribution in [-0.4, -0.2) is 24.8 Å². The van der Waals surface area contributed by atoms with Crippen LogP contribution in [0.15, 0.2) is 18.2 Å². The summed E-state index contributed by atoms with van der Waals surface area (Å²) in [5.74, 6) is -0.273. The van der Waals surface area contributed by atoms with E-state index in [1.807, 2.05) is 6.92 Å². The van der Waals surface area contributed by atoms with E-state index in [0.717, 1.165) is 30.6 Å². The van der Waals surface area contributed by atoms with E-state index in [0.29, 0.717) is 6.54 Å². The van der Waals surface area contributed by atoms with Gasteiger partial charge in [-0.05, 0) is 37.1 Å². The molecule has 0 radical (unpaired) electrons. The topological polar surface area (TPSA) is 49.5 Å². The number of unbranched alkanes of at least 4 members (excludes halogenated alkanes) is 1. The molecule has 0 amide bonds. The fourth-order valence-corrected chi connectivity index (χ4v) is 2.00. The Morgan fingerprint density at radius 1 is 1.39 bits per heavy atom. The SMILES string of the molecule is CCCCN(CCO)c1ccc(F)cc1C(C)N. The second kappa shape index (κ2) is 7.34. The monoisotopic (exact) mass is 254 g/mol. The number of halogens is 1. The van der Waals surface area contributed by atoms with Gasteiger partial charge in [0.05, 0.1) is 6.61 Å². The molecule has 3 nitrogen and oxygen atoms in total. The highest BCUT2D eigenvalue weighted by molar-refractivity contribution is 5.55. The van der Waals surface area contributed by atoms with Crippen molar-refractivity contribution >= 4 is 5.69 Å². The maximum atomic E-state index is 13.3. The second-order valence-electron chi connectivity index (χ2n) is 4.56. The molecule has 0 aliphatic carbocycles. The molecule has 0 aromatic heterocycles. The van der Waals surface area contributed by atoms with E-state index in [9.17, 15) is 4.39 Å². The highest BCUT2D eigenvalue weighted by Crippen LogP contribution is 2.26. The molecular formula is C14H23FN2O. The van der Waals surface area contributed by atoms with Gasteiger partial charge in [-0.25, -0.2) is 4.39 Å². The predicted octanol–water partition coefficient (Wildman–Crippen LogP) is 2.44. The lowest BCUT2D eigenvalue weighted by molar-refractivity contribution is 0.301. The Labute approximate surface area is 108 Å². The Morgan fingerprint density at radius 3 is 2.67 bits per heavy atom. The van der Waals surface area contributed by atoms with E-state index < -0.39 is 0 Å². The minimum atomic E-state index is -0.273. The lowest BCUT2D eigenvalue weighted by Gasteiger charge is -2.27. The second-order valence-corrected chi connectivity index (χ2v) is 4.56. The molecule has 1 aromatic rings. The first-order valence-electron chi connectivity index (χ1n) is 6.51. The average Bonchev–Trinajstić information content (AvgIpc) is 2.34. The van der Waals surface area contributed by atoms with Crippen LogP contribution in [0, 0.1) is 5.82 Å². The summed E-state index contributed by atoms with van der Waals surface area (Å²) in [6.07, 6.45) is 2.12. The van der Waals surface area contributed by atoms with E-state index in [4.69, 9.17) is 10.8 Å². The van der Waals surface area contributed by atoms with Gasteiger partial charge in [0, 0.05) is 24.8 Å². The van der Waals surface area contributed by atoms with Crippen LogP contribution in [0.1, 0.15) is 38.3 Å². The Bertz CT molecular complexity index is 369. The van der Waals surface area contributed by atoms with Crippen molar-refractivity contribution in [2.75, 3.05) is 24.6 Å². The molecule has 3 N–H and O–H groups in total. The van der Waals surface area contributed by atoms with Crippen LogP contribution in [0.4, 0.5) is 10.1 Å². The first-order chi connectivity index (χ1) is 8.60. The average molecular weight is 254 g/mol. The molecular weight excluding hydrogens is 231 g/mol. The minimum absolute atomic E-state index is 0.0828. The summed E-state index contributed by atoms with van der Waals surface area (Å²) >= 11 is 0. The van der Waals surface area contributed by atoms with Crippen molar-refractivity contribution in [1.29, 1.82) is 0 Å². The summed E-state index contributed by atoms with van der Waals surface area (Å²) in [5, 5.41) is 9.13. The van der Waals surface area contributed by atoms with Gasteiger partial charge in [-0.15, -0.1) is 0 Å². The third kappa shape index (κ3) is 3.96. The molecule has 1 rings (SSSR count). The molecule has 0 saturated carbocycles. The van der Waals surface area contributed by atoms with Crippen LogP contribution >= 0.6 is 0 Å². The van der Waals surface area contributed by atoms with Crippen LogP contribution in [0.5, 0.6) is 0 Å². The first kappa shape index (κ1) is 14.9. The summed E-state index contributed by atoms with van der Waals surface area (Å²) in [7, 11) is 0. The van der Waals surface area contributed by atoms with Crippen molar-refractivity contribution in [2.24, 2.45) is 5.73 Å². The molecule has 0 spiro atoms. The third-order valence-electron chi connectivity index (χ3n) is 2.97. The number of aliphatic hydroxyl groups is 1. The zero-order valence-corrected chi connectivity index (χ0v) is 11.2. The van der Waals surface area contributed by atoms with Gasteiger partial charge in [-0.2, -0.15) is 0 Å². The number of nitrogens with zero attached hydrogens (tertiary/aromatic N) is 1. The molecule has 102 valence electrons. The standard InChI is InChI=1S/C14H23FN2O/c1-3-4-7-17(8-9-18)14-6-5-12(15)10-13(14)11(2)16/h5-6,10-11,18H,3-4,7-9,16H2,1-2H3. The van der Waals surface area contributed by atoms with Gasteiger partial charge < -0.3 is 15.7 Å². The Morgan fingerprint density at radius 2 is 2.11 bits per heavy atom. The van der Waals surface area contributed by atoms with Crippen molar-refractivity contribution < 1.29 is 9.50 Å². The molecule has 0 heterocycles. The van der Waals surface area contributed by atoms with Gasteiger partial charge in [-0.3, -0.25) is 0 Å². The Kier molecular flexibility index (Phi) is 6.09. The number of hydrogen-bond donors (Lipinski definition) is 2. The van der Waals surface area contributed by atoms with Crippen LogP contribution in [0.2, 0.25) is 0 Å². The van der Waals surface area contributed by atoms with E-state index in [1.165, 1.54) is 12.1 Å². The van der Waals surface area contributed by atoms with Crippen molar-refractivity contribution in [3.05, 3.63) is 29.6 Å². The maximum Gasteiger partial charge on any atom is 0.123 e. The van der Waals surface area contributed by atoms with Crippen LogP contribution in [0.3, 0.4) is 0 Å². The normalized spacial score (nSPS) is 12.5. The van der Waals surface area contributed by atoms with Gasteiger partial charge >= 0.3 is 0 Å². The van der Waals surface area contributed by atoms with Gasteiger partial charge in [0.1, 0.15) is 5.82 Å². The van der Waals surface area contributed by atoms with Crippen molar-refractivity contribution in [1.82, 2.24) is 0 Å². The Balaban J connectivity index is 3.01. The lowest BCUT2D eigenvalue weighted by Crippen LogP contribution is -2.29. The number of nitrogens with two attached hydrogens (primary N) is 1. The van der Waals surface area contributed by atoms with Crippen molar-refractivity contribution in [2.45, 2.75) is 32.7 Å². The van der Waals surface area contributed by atoms with Gasteiger partial charge in [0.15, 0.2) is 0 Å². The molecule has 0 saturated heterocycles. The number of hydrogen-bond acceptors (Lipinski definition) is 3. The number of aliphatic hydroxyl groups excluding tert-OH is 1. The van der Waals surface area contributed by atoms with Crippen LogP contribution < -0.4 is 10.6 Å². The van der Waals surface area contributed by atoms with Gasteiger partial charge in [-0.1, -0.05) is 13.3 Å². The fourth-order valence-electron chi connectivity index (χ4n) is 2.00. The van der Waals surface area contributed by atoms with Crippen LogP contribution in [0.25, 0.3) is 0 Å². The fraction of sp³-hybridized carbons (Fsp3) is 0.571. The van der Waals surface area contributed by atoms with E-state index in [1.54, 1.807) is 6.07 Å². The molecule has 18 heavy (non-hydrogen) atoms. The van der Waals surface area contributed by atoms with E-state index in [2.05, 4.69) is 11.8 Å². The maximum absolute atomic E-state index is 13.3. The molecule has 0 fully saturated rings. The summed E-state index contributed by atoms with van der Waals surface area (Å²) in [6.45, 7) is 5.44. The van der Waals surface area contributed by atoms with Crippen molar-refractivity contribution in [3.63, 3.8) is 0 Å². The summed E-state index contributed by atoms with van der Waals surface area (Å²) in [6, 6.07) is 4.45. The minimum Gasteiger partial charge on any atom is -0.395 e. The molecule has 1 unspecified atom stereocenters. The summed E-state index contributed by atoms with van der Waals surface area (Å²) < 4.78 is 13.3. The molecule has 1 atom stereocenters. The van der Waals surface area contributed by atoms with Gasteiger partial charge in [0.25, 0.3) is 0 Å². The zero-order chi connectivity index (χ0) is 13.5. The summed E-state index contributed by atoms with van der Waals surface area (Å²) in [4.78, 5) is 2.07. The number of rotatable bonds is 7. The Hall–Kier alpha value is -1.13. The predicted molar refractivity (Wildman–Crippen MR) is 73.2 cm³/mol. The van der Waals surface area contributed by atoms with E-state index >= 15 is 0 Å². The van der Waals surface area contributed by atoms with Crippen LogP contribution in [-0.2, 0) is 0 Å². The molecule has 0 bridgehead atoms. The molecule has 1 aromatic carbocycles. The van der Waals surface area contributed by atoms with Crippen molar-refractivity contribution in [3.8, 4) is 0 Å². The first-order valence-corrected chi connectivity index (χ1v) is 6.51. The number of anilines is 1. The zero-order valence-electron chi connectivity index (χ0n) is 11.2. The quantitative estimate of drug-likeness (QED) is 0.785. The summed E-state index contributed by atoms with van der Waals surface area (Å²) in [5.41, 5.74) is 7.61. The number of benzene rings is 1. The molecule has 0 aliphatic heterocycles. The highest BCUT2D eigenvalue weighted by atomic mass is 19.1. The lowest BCUT2D eigenvalue weighted by atomic mass is 10.1. The largest absolute Gasteiger partial charge is 0.395 e. The smallest absolute Gasteiger partial charge is 0.123 e.